The second-order valence-electron chi connectivity index (χ2n) is 3.75. The average molecular weight is 290 g/mol. The molecule has 0 radical (unpaired) electrons. The Balaban J connectivity index is 2.65. The number of nitrogens with one attached hydrogen (secondary N) is 1. The summed E-state index contributed by atoms with van der Waals surface area (Å²) in [6.07, 6.45) is 0. The van der Waals surface area contributed by atoms with E-state index in [1.165, 1.54) is 0 Å². The number of nitrogens with zero attached hydrogens (tertiary/aromatic N) is 1. The summed E-state index contributed by atoms with van der Waals surface area (Å²) in [6, 6.07) is 9.45. The van der Waals surface area contributed by atoms with Crippen molar-refractivity contribution >= 4 is 43.6 Å². The topological polar surface area (TPSA) is 71.8 Å². The van der Waals surface area contributed by atoms with Crippen LogP contribution in [0.25, 0.3) is 21.7 Å². The number of anilines is 1. The van der Waals surface area contributed by atoms with Crippen LogP contribution in [0.3, 0.4) is 0 Å². The number of nitrogens with two attached hydrogens (primary N) is 1. The van der Waals surface area contributed by atoms with Crippen molar-refractivity contribution in [3.05, 3.63) is 45.2 Å². The molecule has 0 aliphatic carbocycles. The number of aromatic nitrogens is 2. The minimum Gasteiger partial charge on any atom is -0.369 e. The van der Waals surface area contributed by atoms with Crippen LogP contribution in [0.4, 0.5) is 5.95 Å². The number of fused-ring (bicyclic) bond motifs is 3. The van der Waals surface area contributed by atoms with E-state index in [2.05, 4.69) is 25.9 Å². The zero-order valence-electron chi connectivity index (χ0n) is 8.70. The Kier molecular flexibility index (Phi) is 2.16. The highest BCUT2D eigenvalue weighted by atomic mass is 79.9. The third kappa shape index (κ3) is 1.51. The quantitative estimate of drug-likeness (QED) is 0.624. The third-order valence-electron chi connectivity index (χ3n) is 2.70. The summed E-state index contributed by atoms with van der Waals surface area (Å²) in [5.41, 5.74) is 5.92. The number of aromatic amines is 1. The van der Waals surface area contributed by atoms with Gasteiger partial charge in [0.05, 0.1) is 10.9 Å². The van der Waals surface area contributed by atoms with Crippen LogP contribution in [0.5, 0.6) is 0 Å². The molecule has 0 amide bonds. The fourth-order valence-electron chi connectivity index (χ4n) is 1.98. The Hall–Kier alpha value is -1.88. The second-order valence-corrected chi connectivity index (χ2v) is 4.60. The molecular weight excluding hydrogens is 282 g/mol. The van der Waals surface area contributed by atoms with Crippen LogP contribution in [0, 0.1) is 0 Å². The van der Waals surface area contributed by atoms with Gasteiger partial charge in [0.25, 0.3) is 5.56 Å². The lowest BCUT2D eigenvalue weighted by molar-refractivity contribution is 1.19. The molecule has 84 valence electrons. The van der Waals surface area contributed by atoms with Crippen LogP contribution >= 0.6 is 15.9 Å². The van der Waals surface area contributed by atoms with E-state index in [4.69, 9.17) is 5.73 Å². The maximum absolute atomic E-state index is 11.9. The first-order valence-electron chi connectivity index (χ1n) is 5.03. The molecule has 0 saturated heterocycles. The molecule has 0 fully saturated rings. The SMILES string of the molecule is Nc1nc2ccc3c(Br)cccc3c2c(=O)[nH]1. The van der Waals surface area contributed by atoms with Crippen molar-refractivity contribution in [1.82, 2.24) is 9.97 Å². The van der Waals surface area contributed by atoms with Gasteiger partial charge in [-0.3, -0.25) is 9.78 Å². The maximum atomic E-state index is 11.9. The van der Waals surface area contributed by atoms with Gasteiger partial charge in [0.2, 0.25) is 5.95 Å². The van der Waals surface area contributed by atoms with E-state index in [1.807, 2.05) is 24.3 Å². The number of H-pyrrole nitrogens is 1. The fourth-order valence-corrected chi connectivity index (χ4v) is 2.47. The molecule has 3 aromatic rings. The summed E-state index contributed by atoms with van der Waals surface area (Å²) in [7, 11) is 0. The highest BCUT2D eigenvalue weighted by molar-refractivity contribution is 9.10. The van der Waals surface area contributed by atoms with E-state index >= 15 is 0 Å². The molecular formula is C12H8BrN3O. The molecule has 0 spiro atoms. The molecule has 0 bridgehead atoms. The van der Waals surface area contributed by atoms with Crippen molar-refractivity contribution < 1.29 is 0 Å². The van der Waals surface area contributed by atoms with Gasteiger partial charge in [0.1, 0.15) is 0 Å². The third-order valence-corrected chi connectivity index (χ3v) is 3.39. The highest BCUT2D eigenvalue weighted by Crippen LogP contribution is 2.27. The fraction of sp³-hybridized carbons (Fsp3) is 0. The number of hydrogen-bond donors (Lipinski definition) is 2. The smallest absolute Gasteiger partial charge is 0.260 e. The molecule has 0 atom stereocenters. The summed E-state index contributed by atoms with van der Waals surface area (Å²) in [6.45, 7) is 0. The molecule has 1 aromatic heterocycles. The molecule has 4 nitrogen and oxygen atoms in total. The molecule has 0 aliphatic rings. The summed E-state index contributed by atoms with van der Waals surface area (Å²) in [5.74, 6) is 0.136. The minimum atomic E-state index is -0.212. The van der Waals surface area contributed by atoms with Crippen molar-refractivity contribution in [1.29, 1.82) is 0 Å². The van der Waals surface area contributed by atoms with Crippen LogP contribution in [0.2, 0.25) is 0 Å². The van der Waals surface area contributed by atoms with Gasteiger partial charge in [-0.2, -0.15) is 0 Å². The zero-order chi connectivity index (χ0) is 12.0. The Labute approximate surface area is 105 Å². The Morgan fingerprint density at radius 3 is 2.82 bits per heavy atom. The van der Waals surface area contributed by atoms with Gasteiger partial charge in [-0.15, -0.1) is 0 Å². The number of hydrogen-bond acceptors (Lipinski definition) is 3. The van der Waals surface area contributed by atoms with E-state index in [0.717, 1.165) is 15.2 Å². The van der Waals surface area contributed by atoms with Crippen LogP contribution in [0.1, 0.15) is 0 Å². The van der Waals surface area contributed by atoms with E-state index < -0.39 is 0 Å². The van der Waals surface area contributed by atoms with Crippen LogP contribution in [-0.2, 0) is 0 Å². The normalized spacial score (nSPS) is 11.1. The minimum absolute atomic E-state index is 0.136. The standard InChI is InChI=1S/C12H8BrN3O/c13-8-3-1-2-7-6(8)4-5-9-10(7)11(17)16-12(14)15-9/h1-5H,(H3,14,15,16,17). The van der Waals surface area contributed by atoms with Crippen molar-refractivity contribution in [2.24, 2.45) is 0 Å². The van der Waals surface area contributed by atoms with E-state index in [9.17, 15) is 4.79 Å². The van der Waals surface area contributed by atoms with E-state index in [0.29, 0.717) is 10.9 Å². The van der Waals surface area contributed by atoms with Gasteiger partial charge < -0.3 is 5.73 Å². The summed E-state index contributed by atoms with van der Waals surface area (Å²) < 4.78 is 0.952. The molecule has 5 heteroatoms. The van der Waals surface area contributed by atoms with Crippen molar-refractivity contribution in [2.45, 2.75) is 0 Å². The van der Waals surface area contributed by atoms with E-state index in [1.54, 1.807) is 6.07 Å². The van der Waals surface area contributed by atoms with Crippen LogP contribution in [-0.4, -0.2) is 9.97 Å². The predicted molar refractivity (Wildman–Crippen MR) is 72.0 cm³/mol. The molecule has 17 heavy (non-hydrogen) atoms. The molecule has 0 saturated carbocycles. The van der Waals surface area contributed by atoms with Gasteiger partial charge >= 0.3 is 0 Å². The molecule has 2 aromatic carbocycles. The van der Waals surface area contributed by atoms with Crippen LogP contribution < -0.4 is 11.3 Å². The Bertz CT molecular complexity index is 795. The number of nitrogen functional groups attached to an aromatic ring is 1. The van der Waals surface area contributed by atoms with Crippen LogP contribution in [0.15, 0.2) is 39.6 Å². The highest BCUT2D eigenvalue weighted by Gasteiger charge is 2.07. The number of benzene rings is 2. The van der Waals surface area contributed by atoms with Gasteiger partial charge in [-0.1, -0.05) is 34.1 Å². The summed E-state index contributed by atoms with van der Waals surface area (Å²) in [5, 5.41) is 2.42. The molecule has 3 N–H and O–H groups in total. The van der Waals surface area contributed by atoms with Crippen molar-refractivity contribution in [2.75, 3.05) is 5.73 Å². The largest absolute Gasteiger partial charge is 0.369 e. The predicted octanol–water partition coefficient (Wildman–Crippen LogP) is 2.42. The first kappa shape index (κ1) is 10.3. The van der Waals surface area contributed by atoms with Gasteiger partial charge in [-0.25, -0.2) is 4.98 Å². The van der Waals surface area contributed by atoms with Gasteiger partial charge in [0.15, 0.2) is 0 Å². The van der Waals surface area contributed by atoms with Gasteiger partial charge in [-0.05, 0) is 22.9 Å². The molecule has 1 heterocycles. The first-order valence-corrected chi connectivity index (χ1v) is 5.83. The van der Waals surface area contributed by atoms with Crippen molar-refractivity contribution in [3.8, 4) is 0 Å². The monoisotopic (exact) mass is 289 g/mol. The Morgan fingerprint density at radius 1 is 1.18 bits per heavy atom. The molecule has 3 rings (SSSR count). The van der Waals surface area contributed by atoms with E-state index in [-0.39, 0.29) is 11.5 Å². The average Bonchev–Trinajstić information content (AvgIpc) is 2.28. The summed E-state index contributed by atoms with van der Waals surface area (Å²) >= 11 is 3.46. The zero-order valence-corrected chi connectivity index (χ0v) is 10.3. The molecule has 0 aliphatic heterocycles. The lowest BCUT2D eigenvalue weighted by Gasteiger charge is -2.04. The lowest BCUT2D eigenvalue weighted by Crippen LogP contribution is -2.11. The number of rotatable bonds is 0. The first-order chi connectivity index (χ1) is 8.16. The molecule has 0 unspecified atom stereocenters. The van der Waals surface area contributed by atoms with Crippen molar-refractivity contribution in [3.63, 3.8) is 0 Å². The Morgan fingerprint density at radius 2 is 2.00 bits per heavy atom. The maximum Gasteiger partial charge on any atom is 0.260 e. The van der Waals surface area contributed by atoms with Gasteiger partial charge in [0, 0.05) is 4.47 Å². The summed E-state index contributed by atoms with van der Waals surface area (Å²) in [4.78, 5) is 18.6. The second kappa shape index (κ2) is 3.56. The lowest BCUT2D eigenvalue weighted by atomic mass is 10.1. The number of halogens is 1.